The molecule has 6 heteroatoms. The molecule has 0 bridgehead atoms. The third kappa shape index (κ3) is 3.57. The van der Waals surface area contributed by atoms with Gasteiger partial charge in [-0.2, -0.15) is 0 Å². The molecule has 0 unspecified atom stereocenters. The fraction of sp³-hybridized carbons (Fsp3) is 0.462. The fourth-order valence-electron chi connectivity index (χ4n) is 1.87. The predicted molar refractivity (Wildman–Crippen MR) is 70.7 cm³/mol. The topological polar surface area (TPSA) is 60.1 Å². The van der Waals surface area contributed by atoms with E-state index >= 15 is 0 Å². The van der Waals surface area contributed by atoms with E-state index in [4.69, 9.17) is 15.2 Å². The molecule has 0 radical (unpaired) electrons. The number of halogens is 1. The SMILES string of the molecule is COc1ccc(CN=C(N)N2CCOCC2)cc1F. The number of hydrogen-bond donors (Lipinski definition) is 1. The lowest BCUT2D eigenvalue weighted by molar-refractivity contribution is 0.0674. The Morgan fingerprint density at radius 1 is 1.47 bits per heavy atom. The van der Waals surface area contributed by atoms with Gasteiger partial charge in [0, 0.05) is 13.1 Å². The van der Waals surface area contributed by atoms with Crippen molar-refractivity contribution in [3.05, 3.63) is 29.6 Å². The van der Waals surface area contributed by atoms with Crippen LogP contribution in [0.4, 0.5) is 4.39 Å². The van der Waals surface area contributed by atoms with Crippen LogP contribution in [0.5, 0.6) is 5.75 Å². The molecule has 1 aromatic rings. The van der Waals surface area contributed by atoms with E-state index in [1.54, 1.807) is 12.1 Å². The maximum Gasteiger partial charge on any atom is 0.191 e. The van der Waals surface area contributed by atoms with Crippen LogP contribution < -0.4 is 10.5 Å². The van der Waals surface area contributed by atoms with Crippen molar-refractivity contribution >= 4 is 5.96 Å². The maximum atomic E-state index is 13.5. The molecule has 0 aromatic heterocycles. The lowest BCUT2D eigenvalue weighted by Crippen LogP contribution is -2.44. The van der Waals surface area contributed by atoms with Gasteiger partial charge in [-0.15, -0.1) is 0 Å². The van der Waals surface area contributed by atoms with E-state index < -0.39 is 0 Å². The molecule has 1 saturated heterocycles. The number of ether oxygens (including phenoxy) is 2. The first-order valence-electron chi connectivity index (χ1n) is 6.15. The molecule has 0 atom stereocenters. The Morgan fingerprint density at radius 2 is 2.21 bits per heavy atom. The summed E-state index contributed by atoms with van der Waals surface area (Å²) in [5, 5.41) is 0. The van der Waals surface area contributed by atoms with Crippen molar-refractivity contribution in [1.29, 1.82) is 0 Å². The summed E-state index contributed by atoms with van der Waals surface area (Å²) in [6, 6.07) is 4.78. The lowest BCUT2D eigenvalue weighted by atomic mass is 10.2. The standard InChI is InChI=1S/C13H18FN3O2/c1-18-12-3-2-10(8-11(12)14)9-16-13(15)17-4-6-19-7-5-17/h2-3,8H,4-7,9H2,1H3,(H2,15,16). The summed E-state index contributed by atoms with van der Waals surface area (Å²) in [4.78, 5) is 6.23. The first kappa shape index (κ1) is 13.6. The van der Waals surface area contributed by atoms with Gasteiger partial charge < -0.3 is 20.1 Å². The zero-order valence-electron chi connectivity index (χ0n) is 10.9. The third-order valence-corrected chi connectivity index (χ3v) is 2.97. The Morgan fingerprint density at radius 3 is 2.84 bits per heavy atom. The molecule has 1 aliphatic heterocycles. The van der Waals surface area contributed by atoms with Gasteiger partial charge in [0.05, 0.1) is 26.9 Å². The van der Waals surface area contributed by atoms with Gasteiger partial charge in [-0.25, -0.2) is 9.38 Å². The molecule has 1 heterocycles. The van der Waals surface area contributed by atoms with Gasteiger partial charge in [-0.1, -0.05) is 6.07 Å². The maximum absolute atomic E-state index is 13.5. The summed E-state index contributed by atoms with van der Waals surface area (Å²) < 4.78 is 23.6. The average molecular weight is 267 g/mol. The monoisotopic (exact) mass is 267 g/mol. The molecule has 19 heavy (non-hydrogen) atoms. The van der Waals surface area contributed by atoms with Crippen LogP contribution in [0.1, 0.15) is 5.56 Å². The van der Waals surface area contributed by atoms with Crippen LogP contribution in [-0.4, -0.2) is 44.3 Å². The quantitative estimate of drug-likeness (QED) is 0.655. The number of methoxy groups -OCH3 is 1. The Labute approximate surface area is 111 Å². The minimum absolute atomic E-state index is 0.230. The molecule has 0 aliphatic carbocycles. The summed E-state index contributed by atoms with van der Waals surface area (Å²) in [6.07, 6.45) is 0. The van der Waals surface area contributed by atoms with E-state index in [1.807, 2.05) is 4.90 Å². The number of benzene rings is 1. The van der Waals surface area contributed by atoms with Gasteiger partial charge in [-0.05, 0) is 17.7 Å². The highest BCUT2D eigenvalue weighted by Gasteiger charge is 2.12. The number of morpholine rings is 1. The number of hydrogen-bond acceptors (Lipinski definition) is 3. The highest BCUT2D eigenvalue weighted by atomic mass is 19.1. The minimum Gasteiger partial charge on any atom is -0.494 e. The van der Waals surface area contributed by atoms with Crippen LogP contribution in [0.15, 0.2) is 23.2 Å². The van der Waals surface area contributed by atoms with Crippen LogP contribution in [0.3, 0.4) is 0 Å². The minimum atomic E-state index is -0.389. The number of rotatable bonds is 3. The van der Waals surface area contributed by atoms with Crippen molar-refractivity contribution in [2.75, 3.05) is 33.4 Å². The van der Waals surface area contributed by atoms with E-state index in [9.17, 15) is 4.39 Å². The second-order valence-corrected chi connectivity index (χ2v) is 4.24. The molecule has 2 N–H and O–H groups in total. The van der Waals surface area contributed by atoms with Gasteiger partial charge in [0.15, 0.2) is 17.5 Å². The van der Waals surface area contributed by atoms with Crippen LogP contribution in [0.25, 0.3) is 0 Å². The molecule has 0 saturated carbocycles. The lowest BCUT2D eigenvalue weighted by Gasteiger charge is -2.27. The summed E-state index contributed by atoms with van der Waals surface area (Å²) in [5.41, 5.74) is 6.65. The summed E-state index contributed by atoms with van der Waals surface area (Å²) >= 11 is 0. The highest BCUT2D eigenvalue weighted by molar-refractivity contribution is 5.78. The van der Waals surface area contributed by atoms with Crippen molar-refractivity contribution in [3.63, 3.8) is 0 Å². The second kappa shape index (κ2) is 6.38. The van der Waals surface area contributed by atoms with E-state index in [2.05, 4.69) is 4.99 Å². The summed E-state index contributed by atoms with van der Waals surface area (Å²) in [7, 11) is 1.44. The molecule has 5 nitrogen and oxygen atoms in total. The van der Waals surface area contributed by atoms with Gasteiger partial charge in [-0.3, -0.25) is 0 Å². The molecule has 1 fully saturated rings. The van der Waals surface area contributed by atoms with Gasteiger partial charge in [0.25, 0.3) is 0 Å². The highest BCUT2D eigenvalue weighted by Crippen LogP contribution is 2.18. The van der Waals surface area contributed by atoms with Crippen molar-refractivity contribution < 1.29 is 13.9 Å². The van der Waals surface area contributed by atoms with Crippen molar-refractivity contribution in [2.24, 2.45) is 10.7 Å². The summed E-state index contributed by atoms with van der Waals surface area (Å²) in [6.45, 7) is 3.16. The number of nitrogens with two attached hydrogens (primary N) is 1. The number of guanidine groups is 1. The fourth-order valence-corrected chi connectivity index (χ4v) is 1.87. The second-order valence-electron chi connectivity index (χ2n) is 4.24. The molecule has 2 rings (SSSR count). The first-order valence-corrected chi connectivity index (χ1v) is 6.15. The summed E-state index contributed by atoms with van der Waals surface area (Å²) in [5.74, 6) is 0.313. The molecular formula is C13H18FN3O2. The van der Waals surface area contributed by atoms with Crippen molar-refractivity contribution in [1.82, 2.24) is 4.90 Å². The average Bonchev–Trinajstić information content (AvgIpc) is 2.46. The van der Waals surface area contributed by atoms with Gasteiger partial charge in [0.2, 0.25) is 0 Å². The molecule has 0 amide bonds. The molecular weight excluding hydrogens is 249 g/mol. The van der Waals surface area contributed by atoms with Crippen molar-refractivity contribution in [3.8, 4) is 5.75 Å². The first-order chi connectivity index (χ1) is 9.20. The van der Waals surface area contributed by atoms with Crippen LogP contribution in [0, 0.1) is 5.82 Å². The Bertz CT molecular complexity index is 459. The zero-order valence-corrected chi connectivity index (χ0v) is 10.9. The van der Waals surface area contributed by atoms with Crippen LogP contribution >= 0.6 is 0 Å². The zero-order chi connectivity index (χ0) is 13.7. The third-order valence-electron chi connectivity index (χ3n) is 2.97. The van der Waals surface area contributed by atoms with Crippen molar-refractivity contribution in [2.45, 2.75) is 6.54 Å². The molecule has 0 spiro atoms. The smallest absolute Gasteiger partial charge is 0.191 e. The van der Waals surface area contributed by atoms with Crippen LogP contribution in [0.2, 0.25) is 0 Å². The Hall–Kier alpha value is -1.82. The van der Waals surface area contributed by atoms with E-state index in [0.717, 1.165) is 18.7 Å². The largest absolute Gasteiger partial charge is 0.494 e. The molecule has 104 valence electrons. The molecule has 1 aliphatic rings. The van der Waals surface area contributed by atoms with E-state index in [0.29, 0.717) is 25.7 Å². The normalized spacial score (nSPS) is 16.5. The Kier molecular flexibility index (Phi) is 4.57. The van der Waals surface area contributed by atoms with E-state index in [-0.39, 0.29) is 11.6 Å². The van der Waals surface area contributed by atoms with Crippen LogP contribution in [-0.2, 0) is 11.3 Å². The van der Waals surface area contributed by atoms with E-state index in [1.165, 1.54) is 13.2 Å². The van der Waals surface area contributed by atoms with Gasteiger partial charge in [0.1, 0.15) is 0 Å². The molecule has 1 aromatic carbocycles. The number of aliphatic imine (C=N–C) groups is 1. The van der Waals surface area contributed by atoms with Gasteiger partial charge >= 0.3 is 0 Å². The number of nitrogens with zero attached hydrogens (tertiary/aromatic N) is 2. The predicted octanol–water partition coefficient (Wildman–Crippen LogP) is 0.981. The Balaban J connectivity index is 1.98.